The fourth-order valence-electron chi connectivity index (χ4n) is 1.54. The Morgan fingerprint density at radius 3 is 3.07 bits per heavy atom. The molecule has 1 aromatic heterocycles. The Kier molecular flexibility index (Phi) is 3.18. The molecule has 0 aromatic carbocycles. The van der Waals surface area contributed by atoms with Crippen LogP contribution >= 0.6 is 11.3 Å². The number of hydrogen-bond acceptors (Lipinski definition) is 4. The molecule has 1 aliphatic rings. The van der Waals surface area contributed by atoms with Crippen LogP contribution in [0.4, 0.5) is 0 Å². The van der Waals surface area contributed by atoms with Gasteiger partial charge in [0.25, 0.3) is 0 Å². The fourth-order valence-corrected chi connectivity index (χ4v) is 2.27. The molecule has 0 saturated heterocycles. The van der Waals surface area contributed by atoms with E-state index in [2.05, 4.69) is 0 Å². The molecule has 0 bridgehead atoms. The second-order valence-electron chi connectivity index (χ2n) is 3.47. The van der Waals surface area contributed by atoms with Gasteiger partial charge in [0.15, 0.2) is 5.78 Å². The van der Waals surface area contributed by atoms with Crippen molar-refractivity contribution in [2.24, 2.45) is 5.73 Å². The van der Waals surface area contributed by atoms with Crippen molar-refractivity contribution in [3.63, 3.8) is 0 Å². The number of nitrogens with two attached hydrogens (primary N) is 1. The highest BCUT2D eigenvalue weighted by atomic mass is 32.1. The molecule has 3 nitrogen and oxygen atoms in total. The van der Waals surface area contributed by atoms with E-state index in [1.165, 1.54) is 11.3 Å². The molecule has 0 aliphatic carbocycles. The number of Topliss-reactive ketones (excluding diaryl/α,β-unsaturated/α-hetero) is 1. The maximum Gasteiger partial charge on any atom is 0.183 e. The smallest absolute Gasteiger partial charge is 0.183 e. The molecule has 1 aliphatic heterocycles. The Balaban J connectivity index is 2.10. The average molecular weight is 223 g/mol. The number of hydrogen-bond donors (Lipinski definition) is 1. The van der Waals surface area contributed by atoms with Gasteiger partial charge in [-0.3, -0.25) is 4.79 Å². The van der Waals surface area contributed by atoms with Gasteiger partial charge in [0.2, 0.25) is 0 Å². The van der Waals surface area contributed by atoms with Crippen LogP contribution in [0.5, 0.6) is 0 Å². The summed E-state index contributed by atoms with van der Waals surface area (Å²) in [5.74, 6) is -0.0165. The molecule has 1 aromatic rings. The largest absolute Gasteiger partial charge is 0.501 e. The molecule has 80 valence electrons. The summed E-state index contributed by atoms with van der Waals surface area (Å²) in [5, 5.41) is 1.92. The first-order chi connectivity index (χ1) is 7.29. The maximum atomic E-state index is 11.9. The molecule has 0 saturated carbocycles. The van der Waals surface area contributed by atoms with E-state index in [9.17, 15) is 4.79 Å². The van der Waals surface area contributed by atoms with Crippen molar-refractivity contribution >= 4 is 17.1 Å². The third-order valence-corrected chi connectivity index (χ3v) is 3.34. The van der Waals surface area contributed by atoms with E-state index >= 15 is 0 Å². The lowest BCUT2D eigenvalue weighted by Crippen LogP contribution is -2.23. The van der Waals surface area contributed by atoms with E-state index in [0.29, 0.717) is 12.2 Å². The second-order valence-corrected chi connectivity index (χ2v) is 4.45. The van der Waals surface area contributed by atoms with Crippen LogP contribution in [0.25, 0.3) is 0 Å². The molecular formula is C11H13NO2S. The number of carbonyl (C=O) groups is 1. The van der Waals surface area contributed by atoms with Crippen LogP contribution in [0.1, 0.15) is 23.8 Å². The van der Waals surface area contributed by atoms with Crippen molar-refractivity contribution in [3.8, 4) is 0 Å². The van der Waals surface area contributed by atoms with E-state index in [1.807, 2.05) is 17.5 Å². The molecule has 0 amide bonds. The molecule has 1 unspecified atom stereocenters. The Labute approximate surface area is 92.5 Å². The van der Waals surface area contributed by atoms with Gasteiger partial charge in [-0.05, 0) is 24.3 Å². The van der Waals surface area contributed by atoms with Crippen LogP contribution < -0.4 is 5.73 Å². The van der Waals surface area contributed by atoms with Gasteiger partial charge in [0.05, 0.1) is 12.9 Å². The van der Waals surface area contributed by atoms with Gasteiger partial charge in [-0.2, -0.15) is 0 Å². The number of thiophene rings is 1. The van der Waals surface area contributed by atoms with Crippen LogP contribution in [0.3, 0.4) is 0 Å². The Morgan fingerprint density at radius 1 is 1.60 bits per heavy atom. The van der Waals surface area contributed by atoms with Crippen LogP contribution in [0.2, 0.25) is 0 Å². The first-order valence-corrected chi connectivity index (χ1v) is 5.81. The number of carbonyl (C=O) groups excluding carboxylic acids is 1. The standard InChI is InChI=1S/C11H13NO2S/c12-10(9-4-2-6-15-9)11(13)8-3-1-5-14-7-8/h2,4,6-7,10H,1,3,5,12H2. The van der Waals surface area contributed by atoms with Gasteiger partial charge in [-0.1, -0.05) is 6.07 Å². The van der Waals surface area contributed by atoms with Crippen LogP contribution in [0, 0.1) is 0 Å². The molecule has 1 atom stereocenters. The predicted octanol–water partition coefficient (Wildman–Crippen LogP) is 2.01. The van der Waals surface area contributed by atoms with Gasteiger partial charge in [-0.25, -0.2) is 0 Å². The van der Waals surface area contributed by atoms with Crippen LogP contribution in [0.15, 0.2) is 29.3 Å². The Morgan fingerprint density at radius 2 is 2.47 bits per heavy atom. The van der Waals surface area contributed by atoms with E-state index < -0.39 is 6.04 Å². The van der Waals surface area contributed by atoms with E-state index in [1.54, 1.807) is 6.26 Å². The van der Waals surface area contributed by atoms with Gasteiger partial charge in [0, 0.05) is 10.5 Å². The van der Waals surface area contributed by atoms with E-state index in [4.69, 9.17) is 10.5 Å². The highest BCUT2D eigenvalue weighted by Crippen LogP contribution is 2.23. The molecule has 0 spiro atoms. The summed E-state index contributed by atoms with van der Waals surface area (Å²) in [7, 11) is 0. The van der Waals surface area contributed by atoms with Gasteiger partial charge >= 0.3 is 0 Å². The summed E-state index contributed by atoms with van der Waals surface area (Å²) in [6.07, 6.45) is 3.23. The third kappa shape index (κ3) is 2.27. The Bertz CT molecular complexity index is 370. The molecule has 15 heavy (non-hydrogen) atoms. The van der Waals surface area contributed by atoms with Crippen molar-refractivity contribution < 1.29 is 9.53 Å². The zero-order chi connectivity index (χ0) is 10.7. The lowest BCUT2D eigenvalue weighted by molar-refractivity contribution is -0.117. The summed E-state index contributed by atoms with van der Waals surface area (Å²) in [6, 6.07) is 3.26. The molecule has 4 heteroatoms. The normalized spacial score (nSPS) is 17.8. The van der Waals surface area contributed by atoms with Gasteiger partial charge < -0.3 is 10.5 Å². The average Bonchev–Trinajstić information content (AvgIpc) is 2.82. The monoisotopic (exact) mass is 223 g/mol. The first-order valence-electron chi connectivity index (χ1n) is 4.93. The summed E-state index contributed by atoms with van der Waals surface area (Å²) in [6.45, 7) is 0.699. The van der Waals surface area contributed by atoms with Crippen LogP contribution in [-0.4, -0.2) is 12.4 Å². The molecule has 2 heterocycles. The lowest BCUT2D eigenvalue weighted by atomic mass is 10.00. The van der Waals surface area contributed by atoms with Crippen molar-refractivity contribution in [2.75, 3.05) is 6.61 Å². The topological polar surface area (TPSA) is 52.3 Å². The van der Waals surface area contributed by atoms with Crippen LogP contribution in [-0.2, 0) is 9.53 Å². The van der Waals surface area contributed by atoms with E-state index in [-0.39, 0.29) is 5.78 Å². The second kappa shape index (κ2) is 4.59. The number of ketones is 1. The van der Waals surface area contributed by atoms with Gasteiger partial charge in [-0.15, -0.1) is 11.3 Å². The zero-order valence-corrected chi connectivity index (χ0v) is 9.13. The zero-order valence-electron chi connectivity index (χ0n) is 8.31. The highest BCUT2D eigenvalue weighted by Gasteiger charge is 2.22. The van der Waals surface area contributed by atoms with Gasteiger partial charge in [0.1, 0.15) is 6.04 Å². The van der Waals surface area contributed by atoms with Crippen molar-refractivity contribution in [2.45, 2.75) is 18.9 Å². The molecule has 0 fully saturated rings. The summed E-state index contributed by atoms with van der Waals surface area (Å²) >= 11 is 1.51. The highest BCUT2D eigenvalue weighted by molar-refractivity contribution is 7.10. The van der Waals surface area contributed by atoms with Crippen molar-refractivity contribution in [3.05, 3.63) is 34.2 Å². The minimum atomic E-state index is -0.530. The molecular weight excluding hydrogens is 210 g/mol. The van der Waals surface area contributed by atoms with E-state index in [0.717, 1.165) is 17.7 Å². The fraction of sp³-hybridized carbons (Fsp3) is 0.364. The van der Waals surface area contributed by atoms with Crippen molar-refractivity contribution in [1.29, 1.82) is 0 Å². The summed E-state index contributed by atoms with van der Waals surface area (Å²) in [4.78, 5) is 12.8. The molecule has 2 N–H and O–H groups in total. The lowest BCUT2D eigenvalue weighted by Gasteiger charge is -2.15. The quantitative estimate of drug-likeness (QED) is 0.852. The summed E-state index contributed by atoms with van der Waals surface area (Å²) < 4.78 is 5.14. The number of ether oxygens (including phenoxy) is 1. The third-order valence-electron chi connectivity index (χ3n) is 2.38. The number of rotatable bonds is 3. The predicted molar refractivity (Wildman–Crippen MR) is 59.5 cm³/mol. The Hall–Kier alpha value is -1.13. The minimum Gasteiger partial charge on any atom is -0.501 e. The summed E-state index contributed by atoms with van der Waals surface area (Å²) in [5.41, 5.74) is 6.59. The first kappa shape index (κ1) is 10.4. The molecule has 2 rings (SSSR count). The minimum absolute atomic E-state index is 0.0165. The molecule has 0 radical (unpaired) electrons. The van der Waals surface area contributed by atoms with Crippen molar-refractivity contribution in [1.82, 2.24) is 0 Å². The SMILES string of the molecule is NC(C(=O)C1=COCCC1)c1cccs1. The maximum absolute atomic E-state index is 11.9.